The number of rotatable bonds is 2. The Balaban J connectivity index is 1.26. The summed E-state index contributed by atoms with van der Waals surface area (Å²) in [6, 6.07) is 16.5. The first-order chi connectivity index (χ1) is 16.6. The zero-order valence-electron chi connectivity index (χ0n) is 19.1. The Hall–Kier alpha value is -3.89. The average Bonchev–Trinajstić information content (AvgIpc) is 3.56. The highest BCUT2D eigenvalue weighted by Gasteiger charge is 2.46. The molecule has 2 saturated heterocycles. The van der Waals surface area contributed by atoms with Gasteiger partial charge in [-0.1, -0.05) is 12.1 Å². The minimum atomic E-state index is 0.449. The monoisotopic (exact) mass is 447 g/mol. The van der Waals surface area contributed by atoms with Gasteiger partial charge in [-0.15, -0.1) is 0 Å². The molecular weight excluding hydrogens is 422 g/mol. The topological polar surface area (TPSA) is 65.9 Å². The average molecular weight is 448 g/mol. The Morgan fingerprint density at radius 1 is 1.03 bits per heavy atom. The maximum atomic E-state index is 9.12. The van der Waals surface area contributed by atoms with E-state index in [1.165, 1.54) is 19.5 Å². The van der Waals surface area contributed by atoms with E-state index < -0.39 is 0 Å². The first-order valence-electron chi connectivity index (χ1n) is 11.8. The van der Waals surface area contributed by atoms with Crippen LogP contribution in [0.15, 0.2) is 61.1 Å². The van der Waals surface area contributed by atoms with Gasteiger partial charge in [0, 0.05) is 55.7 Å². The lowest BCUT2D eigenvalue weighted by molar-refractivity contribution is 0.0424. The first-order valence-corrected chi connectivity index (χ1v) is 11.8. The molecule has 7 nitrogen and oxygen atoms in total. The molecule has 168 valence electrons. The highest BCUT2D eigenvalue weighted by atomic mass is 15.3. The number of hydrogen-bond acceptors (Lipinski definition) is 5. The maximum absolute atomic E-state index is 9.12. The van der Waals surface area contributed by atoms with Crippen molar-refractivity contribution in [2.24, 2.45) is 5.41 Å². The molecule has 0 radical (unpaired) electrons. The van der Waals surface area contributed by atoms with E-state index in [1.807, 2.05) is 36.7 Å². The molecule has 2 fully saturated rings. The van der Waals surface area contributed by atoms with E-state index in [9.17, 15) is 0 Å². The third-order valence-electron chi connectivity index (χ3n) is 7.60. The number of pyridine rings is 1. The summed E-state index contributed by atoms with van der Waals surface area (Å²) in [5, 5.41) is 9.12. The summed E-state index contributed by atoms with van der Waals surface area (Å²) < 4.78 is 4.40. The van der Waals surface area contributed by atoms with Crippen molar-refractivity contribution in [1.29, 1.82) is 5.26 Å². The molecule has 4 aromatic rings. The molecule has 6 heterocycles. The second-order valence-electron chi connectivity index (χ2n) is 10.0. The molecule has 0 bridgehead atoms. The molecule has 1 spiro atoms. The van der Waals surface area contributed by atoms with Gasteiger partial charge in [0.15, 0.2) is 5.82 Å². The molecule has 0 N–H and O–H groups in total. The smallest absolute Gasteiger partial charge is 0.161 e. The standard InChI is InChI=1S/C27H25N7/c1-31-16-27(17-31)8-10-32(18-27)25-7-6-23-22(30-25)15-33-14-21(20-4-2-19(13-28)3-5-20)12-24(33)26-29-9-11-34(23)26/h2-7,9,11-12,14H,8,10,15-18H2,1H3. The molecule has 7 heteroatoms. The normalized spacial score (nSPS) is 18.1. The van der Waals surface area contributed by atoms with E-state index in [-0.39, 0.29) is 0 Å². The summed E-state index contributed by atoms with van der Waals surface area (Å²) in [5.41, 5.74) is 6.55. The second-order valence-corrected chi connectivity index (χ2v) is 10.0. The van der Waals surface area contributed by atoms with Crippen LogP contribution in [0.5, 0.6) is 0 Å². The van der Waals surface area contributed by atoms with Crippen molar-refractivity contribution in [3.8, 4) is 34.4 Å². The number of imidazole rings is 1. The van der Waals surface area contributed by atoms with Crippen LogP contribution in [0.1, 0.15) is 17.7 Å². The molecule has 7 rings (SSSR count). The van der Waals surface area contributed by atoms with Crippen LogP contribution in [0.4, 0.5) is 5.82 Å². The van der Waals surface area contributed by atoms with Crippen LogP contribution in [0.3, 0.4) is 0 Å². The van der Waals surface area contributed by atoms with Crippen LogP contribution in [0, 0.1) is 16.7 Å². The Kier molecular flexibility index (Phi) is 4.06. The lowest BCUT2D eigenvalue weighted by Gasteiger charge is -2.46. The summed E-state index contributed by atoms with van der Waals surface area (Å²) >= 11 is 0. The molecule has 3 aliphatic heterocycles. The van der Waals surface area contributed by atoms with Crippen LogP contribution in [0.25, 0.3) is 28.3 Å². The van der Waals surface area contributed by atoms with Gasteiger partial charge < -0.3 is 14.4 Å². The predicted molar refractivity (Wildman–Crippen MR) is 131 cm³/mol. The summed E-state index contributed by atoms with van der Waals surface area (Å²) in [6.45, 7) is 5.25. The van der Waals surface area contributed by atoms with E-state index in [0.29, 0.717) is 17.5 Å². The zero-order chi connectivity index (χ0) is 22.9. The Labute approximate surface area is 198 Å². The molecular formula is C27H25N7. The molecule has 3 aliphatic rings. The molecule has 0 amide bonds. The molecule has 0 aliphatic carbocycles. The summed E-state index contributed by atoms with van der Waals surface area (Å²) in [5.74, 6) is 2.00. The van der Waals surface area contributed by atoms with E-state index in [1.54, 1.807) is 0 Å². The molecule has 0 unspecified atom stereocenters. The van der Waals surface area contributed by atoms with Crippen molar-refractivity contribution >= 4 is 5.82 Å². The van der Waals surface area contributed by atoms with Gasteiger partial charge >= 0.3 is 0 Å². The highest BCUT2D eigenvalue weighted by Crippen LogP contribution is 2.40. The number of hydrogen-bond donors (Lipinski definition) is 0. The van der Waals surface area contributed by atoms with Gasteiger partial charge in [0.1, 0.15) is 5.82 Å². The van der Waals surface area contributed by atoms with Crippen LogP contribution in [-0.2, 0) is 6.54 Å². The molecule has 34 heavy (non-hydrogen) atoms. The number of aromatic nitrogens is 4. The third kappa shape index (κ3) is 2.92. The Bertz CT molecular complexity index is 1450. The van der Waals surface area contributed by atoms with Crippen molar-refractivity contribution in [2.45, 2.75) is 13.0 Å². The van der Waals surface area contributed by atoms with Crippen molar-refractivity contribution in [1.82, 2.24) is 24.0 Å². The summed E-state index contributed by atoms with van der Waals surface area (Å²) in [7, 11) is 2.21. The van der Waals surface area contributed by atoms with Gasteiger partial charge in [-0.2, -0.15) is 5.26 Å². The molecule has 0 saturated carbocycles. The fourth-order valence-electron chi connectivity index (χ4n) is 6.05. The van der Waals surface area contributed by atoms with Gasteiger partial charge in [0.05, 0.1) is 35.3 Å². The van der Waals surface area contributed by atoms with Crippen molar-refractivity contribution in [2.75, 3.05) is 38.1 Å². The lowest BCUT2D eigenvalue weighted by atomic mass is 9.79. The van der Waals surface area contributed by atoms with Gasteiger partial charge in [0.2, 0.25) is 0 Å². The minimum Gasteiger partial charge on any atom is -0.356 e. The molecule has 1 aromatic carbocycles. The van der Waals surface area contributed by atoms with Crippen molar-refractivity contribution in [3.63, 3.8) is 0 Å². The number of nitriles is 1. The minimum absolute atomic E-state index is 0.449. The third-order valence-corrected chi connectivity index (χ3v) is 7.60. The Morgan fingerprint density at radius 2 is 1.88 bits per heavy atom. The number of benzene rings is 1. The highest BCUT2D eigenvalue weighted by molar-refractivity contribution is 5.72. The van der Waals surface area contributed by atoms with E-state index in [0.717, 1.165) is 52.9 Å². The molecule has 0 atom stereocenters. The fourth-order valence-corrected chi connectivity index (χ4v) is 6.05. The fraction of sp³-hybridized carbons (Fsp3) is 0.296. The van der Waals surface area contributed by atoms with E-state index in [2.05, 4.69) is 56.4 Å². The molecule has 3 aromatic heterocycles. The van der Waals surface area contributed by atoms with Crippen LogP contribution in [0.2, 0.25) is 0 Å². The van der Waals surface area contributed by atoms with Crippen LogP contribution in [-0.4, -0.2) is 57.2 Å². The maximum Gasteiger partial charge on any atom is 0.161 e. The van der Waals surface area contributed by atoms with Gasteiger partial charge in [-0.3, -0.25) is 4.57 Å². The van der Waals surface area contributed by atoms with Crippen LogP contribution < -0.4 is 4.90 Å². The summed E-state index contributed by atoms with van der Waals surface area (Å²) in [6.07, 6.45) is 7.30. The number of fused-ring (bicyclic) bond motifs is 5. The van der Waals surface area contributed by atoms with Crippen molar-refractivity contribution in [3.05, 3.63) is 72.3 Å². The van der Waals surface area contributed by atoms with Gasteiger partial charge in [-0.25, -0.2) is 9.97 Å². The summed E-state index contributed by atoms with van der Waals surface area (Å²) in [4.78, 5) is 14.8. The predicted octanol–water partition coefficient (Wildman–Crippen LogP) is 3.78. The first kappa shape index (κ1) is 19.6. The van der Waals surface area contributed by atoms with E-state index >= 15 is 0 Å². The Morgan fingerprint density at radius 3 is 2.68 bits per heavy atom. The van der Waals surface area contributed by atoms with E-state index in [4.69, 9.17) is 15.2 Å². The number of likely N-dealkylation sites (tertiary alicyclic amines) is 1. The number of nitrogens with zero attached hydrogens (tertiary/aromatic N) is 7. The quantitative estimate of drug-likeness (QED) is 0.412. The van der Waals surface area contributed by atoms with Gasteiger partial charge in [-0.05, 0) is 49.4 Å². The zero-order valence-corrected chi connectivity index (χ0v) is 19.1. The van der Waals surface area contributed by atoms with Crippen molar-refractivity contribution < 1.29 is 0 Å². The second kappa shape index (κ2) is 7.05. The SMILES string of the molecule is CN1CC2(CCN(c3ccc4c(n3)Cn3cc(-c5ccc(C#N)cc5)cc3-c3nccn3-4)C2)C1. The lowest BCUT2D eigenvalue weighted by Crippen LogP contribution is -2.55. The largest absolute Gasteiger partial charge is 0.356 e. The van der Waals surface area contributed by atoms with Crippen LogP contribution >= 0.6 is 0 Å². The van der Waals surface area contributed by atoms with Gasteiger partial charge in [0.25, 0.3) is 0 Å². The number of anilines is 1.